The molecule has 0 bridgehead atoms. The number of anilines is 1. The molecular formula is C9H10ClNO. The number of hydrogen-bond donors (Lipinski definition) is 1. The standard InChI is InChI=1S/C9H10ClNO/c10-6-5-9(12)7-3-1-2-4-8(7)11/h1-4H,5-6,11H2. The van der Waals surface area contributed by atoms with Gasteiger partial charge in [-0.3, -0.25) is 4.79 Å². The Hall–Kier alpha value is -1.02. The quantitative estimate of drug-likeness (QED) is 0.443. The maximum absolute atomic E-state index is 11.3. The number of nitrogens with two attached hydrogens (primary N) is 1. The van der Waals surface area contributed by atoms with Crippen LogP contribution in [-0.4, -0.2) is 11.7 Å². The molecule has 1 aromatic carbocycles. The predicted molar refractivity (Wildman–Crippen MR) is 50.5 cm³/mol. The van der Waals surface area contributed by atoms with Gasteiger partial charge in [-0.05, 0) is 12.1 Å². The lowest BCUT2D eigenvalue weighted by atomic mass is 10.1. The first-order valence-corrected chi connectivity index (χ1v) is 4.23. The Balaban J connectivity index is 2.87. The zero-order valence-electron chi connectivity index (χ0n) is 6.59. The number of rotatable bonds is 3. The SMILES string of the molecule is Nc1ccccc1C(=O)CCCl. The van der Waals surface area contributed by atoms with Crippen molar-refractivity contribution in [3.8, 4) is 0 Å². The average Bonchev–Trinajstić information content (AvgIpc) is 2.05. The number of ketones is 1. The fraction of sp³-hybridized carbons (Fsp3) is 0.222. The van der Waals surface area contributed by atoms with E-state index in [1.54, 1.807) is 24.3 Å². The molecule has 0 radical (unpaired) electrons. The van der Waals surface area contributed by atoms with Crippen LogP contribution in [0.5, 0.6) is 0 Å². The van der Waals surface area contributed by atoms with Crippen LogP contribution in [0.2, 0.25) is 0 Å². The van der Waals surface area contributed by atoms with E-state index in [-0.39, 0.29) is 5.78 Å². The summed E-state index contributed by atoms with van der Waals surface area (Å²) in [4.78, 5) is 11.3. The fourth-order valence-electron chi connectivity index (χ4n) is 0.971. The molecule has 1 aromatic rings. The minimum atomic E-state index is 0.00287. The molecule has 0 atom stereocenters. The van der Waals surface area contributed by atoms with Gasteiger partial charge in [-0.1, -0.05) is 12.1 Å². The predicted octanol–water partition coefficient (Wildman–Crippen LogP) is 2.08. The number of alkyl halides is 1. The summed E-state index contributed by atoms with van der Waals surface area (Å²) in [5.41, 5.74) is 6.68. The average molecular weight is 184 g/mol. The number of para-hydroxylation sites is 1. The summed E-state index contributed by atoms with van der Waals surface area (Å²) in [6.45, 7) is 0. The Bertz CT molecular complexity index is 286. The van der Waals surface area contributed by atoms with Gasteiger partial charge in [0.15, 0.2) is 5.78 Å². The van der Waals surface area contributed by atoms with Crippen LogP contribution in [0.4, 0.5) is 5.69 Å². The number of Topliss-reactive ketones (excluding diaryl/α,β-unsaturated/α-hetero) is 1. The Kier molecular flexibility index (Phi) is 3.11. The van der Waals surface area contributed by atoms with Crippen LogP contribution in [0.1, 0.15) is 16.8 Å². The molecule has 0 amide bonds. The van der Waals surface area contributed by atoms with Crippen molar-refractivity contribution in [2.45, 2.75) is 6.42 Å². The second-order valence-electron chi connectivity index (χ2n) is 2.45. The highest BCUT2D eigenvalue weighted by molar-refractivity contribution is 6.19. The molecule has 1 rings (SSSR count). The number of hydrogen-bond acceptors (Lipinski definition) is 2. The van der Waals surface area contributed by atoms with Gasteiger partial charge >= 0.3 is 0 Å². The minimum Gasteiger partial charge on any atom is -0.398 e. The molecule has 64 valence electrons. The van der Waals surface area contributed by atoms with E-state index in [0.29, 0.717) is 23.6 Å². The molecule has 0 heterocycles. The van der Waals surface area contributed by atoms with Crippen molar-refractivity contribution in [1.29, 1.82) is 0 Å². The van der Waals surface area contributed by atoms with Crippen LogP contribution < -0.4 is 5.73 Å². The summed E-state index contributed by atoms with van der Waals surface area (Å²) in [5.74, 6) is 0.343. The summed E-state index contributed by atoms with van der Waals surface area (Å²) < 4.78 is 0. The molecule has 0 spiro atoms. The molecule has 2 nitrogen and oxygen atoms in total. The summed E-state index contributed by atoms with van der Waals surface area (Å²) in [5, 5.41) is 0. The van der Waals surface area contributed by atoms with E-state index in [9.17, 15) is 4.79 Å². The molecule has 0 aliphatic rings. The molecule has 0 aromatic heterocycles. The summed E-state index contributed by atoms with van der Waals surface area (Å²) >= 11 is 5.44. The van der Waals surface area contributed by atoms with Crippen LogP contribution in [0, 0.1) is 0 Å². The van der Waals surface area contributed by atoms with Gasteiger partial charge in [0.05, 0.1) is 0 Å². The van der Waals surface area contributed by atoms with Crippen molar-refractivity contribution < 1.29 is 4.79 Å². The topological polar surface area (TPSA) is 43.1 Å². The zero-order valence-corrected chi connectivity index (χ0v) is 7.34. The molecular weight excluding hydrogens is 174 g/mol. The monoisotopic (exact) mass is 183 g/mol. The van der Waals surface area contributed by atoms with Crippen molar-refractivity contribution in [2.24, 2.45) is 0 Å². The van der Waals surface area contributed by atoms with Crippen LogP contribution in [0.3, 0.4) is 0 Å². The van der Waals surface area contributed by atoms with Gasteiger partial charge in [-0.25, -0.2) is 0 Å². The van der Waals surface area contributed by atoms with Gasteiger partial charge in [0.1, 0.15) is 0 Å². The van der Waals surface area contributed by atoms with Gasteiger partial charge in [-0.2, -0.15) is 0 Å². The number of benzene rings is 1. The normalized spacial score (nSPS) is 9.75. The van der Waals surface area contributed by atoms with E-state index in [4.69, 9.17) is 17.3 Å². The van der Waals surface area contributed by atoms with Crippen molar-refractivity contribution >= 4 is 23.1 Å². The van der Waals surface area contributed by atoms with Crippen LogP contribution in [0.25, 0.3) is 0 Å². The Morgan fingerprint density at radius 2 is 2.08 bits per heavy atom. The van der Waals surface area contributed by atoms with E-state index in [2.05, 4.69) is 0 Å². The fourth-order valence-corrected chi connectivity index (χ4v) is 1.14. The third-order valence-electron chi connectivity index (χ3n) is 1.58. The number of halogens is 1. The maximum Gasteiger partial charge on any atom is 0.166 e. The highest BCUT2D eigenvalue weighted by atomic mass is 35.5. The van der Waals surface area contributed by atoms with E-state index in [1.807, 2.05) is 0 Å². The minimum absolute atomic E-state index is 0.00287. The van der Waals surface area contributed by atoms with Gasteiger partial charge in [0.2, 0.25) is 0 Å². The number of nitrogen functional groups attached to an aromatic ring is 1. The first kappa shape index (κ1) is 9.07. The van der Waals surface area contributed by atoms with Crippen LogP contribution >= 0.6 is 11.6 Å². The highest BCUT2D eigenvalue weighted by Crippen LogP contribution is 2.12. The second kappa shape index (κ2) is 4.12. The smallest absolute Gasteiger partial charge is 0.166 e. The third-order valence-corrected chi connectivity index (χ3v) is 1.77. The lowest BCUT2D eigenvalue weighted by Crippen LogP contribution is -2.03. The summed E-state index contributed by atoms with van der Waals surface area (Å²) in [6.07, 6.45) is 0.343. The van der Waals surface area contributed by atoms with Gasteiger partial charge in [0.25, 0.3) is 0 Å². The number of carbonyl (C=O) groups excluding carboxylic acids is 1. The molecule has 0 saturated carbocycles. The highest BCUT2D eigenvalue weighted by Gasteiger charge is 2.06. The van der Waals surface area contributed by atoms with E-state index in [1.165, 1.54) is 0 Å². The molecule has 0 aliphatic carbocycles. The van der Waals surface area contributed by atoms with E-state index >= 15 is 0 Å². The summed E-state index contributed by atoms with van der Waals surface area (Å²) in [6, 6.07) is 7.01. The van der Waals surface area contributed by atoms with Crippen molar-refractivity contribution in [3.63, 3.8) is 0 Å². The maximum atomic E-state index is 11.3. The van der Waals surface area contributed by atoms with E-state index < -0.39 is 0 Å². The van der Waals surface area contributed by atoms with Crippen LogP contribution in [0.15, 0.2) is 24.3 Å². The second-order valence-corrected chi connectivity index (χ2v) is 2.83. The lowest BCUT2D eigenvalue weighted by Gasteiger charge is -2.01. The third kappa shape index (κ3) is 1.98. The van der Waals surface area contributed by atoms with Crippen LogP contribution in [-0.2, 0) is 0 Å². The Morgan fingerprint density at radius 1 is 1.42 bits per heavy atom. The molecule has 3 heteroatoms. The Morgan fingerprint density at radius 3 is 2.67 bits per heavy atom. The van der Waals surface area contributed by atoms with E-state index in [0.717, 1.165) is 0 Å². The molecule has 0 fully saturated rings. The number of carbonyl (C=O) groups is 1. The van der Waals surface area contributed by atoms with Crippen molar-refractivity contribution in [1.82, 2.24) is 0 Å². The zero-order chi connectivity index (χ0) is 8.97. The Labute approximate surface area is 76.3 Å². The molecule has 2 N–H and O–H groups in total. The first-order valence-electron chi connectivity index (χ1n) is 3.69. The first-order chi connectivity index (χ1) is 5.75. The van der Waals surface area contributed by atoms with Crippen molar-refractivity contribution in [2.75, 3.05) is 11.6 Å². The van der Waals surface area contributed by atoms with Gasteiger partial charge in [-0.15, -0.1) is 11.6 Å². The van der Waals surface area contributed by atoms with Crippen molar-refractivity contribution in [3.05, 3.63) is 29.8 Å². The van der Waals surface area contributed by atoms with Gasteiger partial charge in [0, 0.05) is 23.6 Å². The lowest BCUT2D eigenvalue weighted by molar-refractivity contribution is 0.0990. The molecule has 0 saturated heterocycles. The summed E-state index contributed by atoms with van der Waals surface area (Å²) in [7, 11) is 0. The molecule has 12 heavy (non-hydrogen) atoms. The van der Waals surface area contributed by atoms with Gasteiger partial charge < -0.3 is 5.73 Å². The largest absolute Gasteiger partial charge is 0.398 e. The molecule has 0 aliphatic heterocycles. The molecule has 0 unspecified atom stereocenters.